The molecule has 0 spiro atoms. The molecule has 0 fully saturated rings. The fourth-order valence-electron chi connectivity index (χ4n) is 1.73. The van der Waals surface area contributed by atoms with E-state index in [0.29, 0.717) is 11.3 Å². The predicted octanol–water partition coefficient (Wildman–Crippen LogP) is 2.70. The summed E-state index contributed by atoms with van der Waals surface area (Å²) in [6.45, 7) is 0. The maximum absolute atomic E-state index is 12.8. The number of aliphatic carboxylic acids is 1. The zero-order valence-corrected chi connectivity index (χ0v) is 11.7. The summed E-state index contributed by atoms with van der Waals surface area (Å²) in [7, 11) is 0. The highest BCUT2D eigenvalue weighted by Gasteiger charge is 2.19. The Bertz CT molecular complexity index is 688. The summed E-state index contributed by atoms with van der Waals surface area (Å²) in [6, 6.07) is 9.35. The Hall–Kier alpha value is -2.34. The van der Waals surface area contributed by atoms with Crippen molar-refractivity contribution in [1.29, 1.82) is 0 Å². The van der Waals surface area contributed by atoms with Crippen molar-refractivity contribution in [1.82, 2.24) is 0 Å². The van der Waals surface area contributed by atoms with Crippen LogP contribution in [0.25, 0.3) is 0 Å². The second-order valence-electron chi connectivity index (χ2n) is 4.40. The lowest BCUT2D eigenvalue weighted by Crippen LogP contribution is -2.16. The molecule has 1 N–H and O–H groups in total. The summed E-state index contributed by atoms with van der Waals surface area (Å²) < 4.78 is 12.8. The van der Waals surface area contributed by atoms with Crippen LogP contribution in [0.15, 0.2) is 36.4 Å². The molecule has 0 unspecified atom stereocenters. The summed E-state index contributed by atoms with van der Waals surface area (Å²) in [4.78, 5) is 34.4. The quantitative estimate of drug-likeness (QED) is 0.506. The number of thiophene rings is 1. The number of halogens is 1. The number of hydrogen-bond acceptors (Lipinski definition) is 4. The summed E-state index contributed by atoms with van der Waals surface area (Å²) in [6.07, 6.45) is -0.0864. The molecule has 2 aromatic rings. The molecule has 1 aromatic carbocycles. The SMILES string of the molecule is O=C(O)C(=O)CC(=O)c1ccc(Cc2ccc(F)cc2)s1. The third kappa shape index (κ3) is 4.06. The van der Waals surface area contributed by atoms with Crippen LogP contribution in [0.4, 0.5) is 4.39 Å². The Balaban J connectivity index is 2.04. The monoisotopic (exact) mass is 306 g/mol. The van der Waals surface area contributed by atoms with Crippen molar-refractivity contribution in [2.24, 2.45) is 0 Å². The zero-order valence-electron chi connectivity index (χ0n) is 10.8. The molecule has 0 saturated carbocycles. The van der Waals surface area contributed by atoms with Crippen LogP contribution in [0.1, 0.15) is 26.5 Å². The minimum absolute atomic E-state index is 0.312. The van der Waals surface area contributed by atoms with Gasteiger partial charge in [0.25, 0.3) is 0 Å². The van der Waals surface area contributed by atoms with E-state index in [1.54, 1.807) is 24.3 Å². The number of hydrogen-bond donors (Lipinski definition) is 1. The van der Waals surface area contributed by atoms with Gasteiger partial charge in [0, 0.05) is 11.3 Å². The molecule has 1 heterocycles. The molecule has 0 atom stereocenters. The first-order valence-electron chi connectivity index (χ1n) is 6.08. The van der Waals surface area contributed by atoms with Gasteiger partial charge in [-0.05, 0) is 29.8 Å². The van der Waals surface area contributed by atoms with Gasteiger partial charge in [-0.15, -0.1) is 11.3 Å². The van der Waals surface area contributed by atoms with Gasteiger partial charge in [0.05, 0.1) is 11.3 Å². The van der Waals surface area contributed by atoms with Crippen LogP contribution >= 0.6 is 11.3 Å². The summed E-state index contributed by atoms with van der Waals surface area (Å²) in [5.41, 5.74) is 0.902. The number of ketones is 2. The minimum Gasteiger partial charge on any atom is -0.475 e. The smallest absolute Gasteiger partial charge is 0.372 e. The van der Waals surface area contributed by atoms with E-state index in [2.05, 4.69) is 0 Å². The first-order valence-corrected chi connectivity index (χ1v) is 6.90. The second kappa shape index (κ2) is 6.41. The van der Waals surface area contributed by atoms with Gasteiger partial charge in [-0.3, -0.25) is 9.59 Å². The van der Waals surface area contributed by atoms with Crippen LogP contribution in [-0.2, 0) is 16.0 Å². The molecular formula is C15H11FO4S. The normalized spacial score (nSPS) is 10.3. The molecule has 0 radical (unpaired) electrons. The van der Waals surface area contributed by atoms with Gasteiger partial charge in [-0.2, -0.15) is 0 Å². The lowest BCUT2D eigenvalue weighted by atomic mass is 10.1. The van der Waals surface area contributed by atoms with Crippen molar-refractivity contribution in [3.63, 3.8) is 0 Å². The lowest BCUT2D eigenvalue weighted by molar-refractivity contribution is -0.148. The topological polar surface area (TPSA) is 71.4 Å². The van der Waals surface area contributed by atoms with Crippen LogP contribution in [0, 0.1) is 5.82 Å². The highest BCUT2D eigenvalue weighted by Crippen LogP contribution is 2.21. The summed E-state index contributed by atoms with van der Waals surface area (Å²) >= 11 is 1.21. The first-order chi connectivity index (χ1) is 9.95. The first kappa shape index (κ1) is 15.1. The molecular weight excluding hydrogens is 295 g/mol. The molecule has 6 heteroatoms. The van der Waals surface area contributed by atoms with E-state index >= 15 is 0 Å². The number of carboxylic acids is 1. The summed E-state index contributed by atoms with van der Waals surface area (Å²) in [5, 5.41) is 8.47. The van der Waals surface area contributed by atoms with E-state index in [0.717, 1.165) is 10.4 Å². The van der Waals surface area contributed by atoms with Crippen molar-refractivity contribution in [2.45, 2.75) is 12.8 Å². The third-order valence-corrected chi connectivity index (χ3v) is 3.91. The van der Waals surface area contributed by atoms with E-state index in [9.17, 15) is 18.8 Å². The predicted molar refractivity (Wildman–Crippen MR) is 75.1 cm³/mol. The molecule has 4 nitrogen and oxygen atoms in total. The Morgan fingerprint density at radius 2 is 1.71 bits per heavy atom. The van der Waals surface area contributed by atoms with Gasteiger partial charge in [0.15, 0.2) is 5.78 Å². The Morgan fingerprint density at radius 1 is 1.05 bits per heavy atom. The number of benzene rings is 1. The highest BCUT2D eigenvalue weighted by atomic mass is 32.1. The van der Waals surface area contributed by atoms with Crippen molar-refractivity contribution in [3.8, 4) is 0 Å². The zero-order chi connectivity index (χ0) is 15.4. The van der Waals surface area contributed by atoms with E-state index in [4.69, 9.17) is 5.11 Å². The van der Waals surface area contributed by atoms with Gasteiger partial charge >= 0.3 is 5.97 Å². The van der Waals surface area contributed by atoms with Crippen LogP contribution in [-0.4, -0.2) is 22.6 Å². The van der Waals surface area contributed by atoms with Crippen molar-refractivity contribution in [3.05, 3.63) is 57.5 Å². The van der Waals surface area contributed by atoms with Crippen molar-refractivity contribution in [2.75, 3.05) is 0 Å². The van der Waals surface area contributed by atoms with Gasteiger partial charge in [0.1, 0.15) is 5.82 Å². The number of Topliss-reactive ketones (excluding diaryl/α,β-unsaturated/α-hetero) is 2. The van der Waals surface area contributed by atoms with Gasteiger partial charge in [-0.1, -0.05) is 12.1 Å². The van der Waals surface area contributed by atoms with Crippen LogP contribution in [0.2, 0.25) is 0 Å². The van der Waals surface area contributed by atoms with Crippen LogP contribution < -0.4 is 0 Å². The fraction of sp³-hybridized carbons (Fsp3) is 0.133. The van der Waals surface area contributed by atoms with Crippen LogP contribution in [0.5, 0.6) is 0 Å². The number of carbonyl (C=O) groups excluding carboxylic acids is 2. The number of carbonyl (C=O) groups is 3. The molecule has 0 saturated heterocycles. The molecule has 0 amide bonds. The van der Waals surface area contributed by atoms with Crippen molar-refractivity contribution < 1.29 is 23.9 Å². The highest BCUT2D eigenvalue weighted by molar-refractivity contribution is 7.14. The maximum atomic E-state index is 12.8. The lowest BCUT2D eigenvalue weighted by Gasteiger charge is -1.98. The molecule has 2 rings (SSSR count). The Kier molecular flexibility index (Phi) is 4.59. The van der Waals surface area contributed by atoms with E-state index in [1.807, 2.05) is 0 Å². The van der Waals surface area contributed by atoms with Gasteiger partial charge in [0.2, 0.25) is 5.78 Å². The number of rotatable bonds is 6. The van der Waals surface area contributed by atoms with Crippen LogP contribution in [0.3, 0.4) is 0 Å². The average Bonchev–Trinajstić information content (AvgIpc) is 2.90. The molecule has 0 bridgehead atoms. The molecule has 21 heavy (non-hydrogen) atoms. The van der Waals surface area contributed by atoms with E-state index in [1.165, 1.54) is 23.5 Å². The summed E-state index contributed by atoms with van der Waals surface area (Å²) in [5.74, 6) is -3.54. The molecule has 0 aliphatic carbocycles. The van der Waals surface area contributed by atoms with E-state index in [-0.39, 0.29) is 5.82 Å². The number of carboxylic acid groups (broad SMARTS) is 1. The molecule has 0 aliphatic rings. The standard InChI is InChI=1S/C15H11FO4S/c16-10-3-1-9(2-4-10)7-11-5-6-14(21-11)12(17)8-13(18)15(19)20/h1-6H,7-8H2,(H,19,20). The average molecular weight is 306 g/mol. The maximum Gasteiger partial charge on any atom is 0.372 e. The minimum atomic E-state index is -1.61. The largest absolute Gasteiger partial charge is 0.475 e. The Morgan fingerprint density at radius 3 is 2.33 bits per heavy atom. The van der Waals surface area contributed by atoms with Gasteiger partial charge in [-0.25, -0.2) is 9.18 Å². The third-order valence-electron chi connectivity index (χ3n) is 2.79. The fourth-order valence-corrected chi connectivity index (χ4v) is 2.71. The van der Waals surface area contributed by atoms with Gasteiger partial charge < -0.3 is 5.11 Å². The Labute approximate surface area is 123 Å². The molecule has 0 aliphatic heterocycles. The van der Waals surface area contributed by atoms with Crippen molar-refractivity contribution >= 4 is 28.9 Å². The van der Waals surface area contributed by atoms with E-state index < -0.39 is 24.0 Å². The molecule has 1 aromatic heterocycles. The second-order valence-corrected chi connectivity index (χ2v) is 5.57. The molecule has 108 valence electrons.